The van der Waals surface area contributed by atoms with Gasteiger partial charge in [-0.25, -0.2) is 4.98 Å². The zero-order valence-corrected chi connectivity index (χ0v) is 15.0. The first-order chi connectivity index (χ1) is 12.8. The highest BCUT2D eigenvalue weighted by Gasteiger charge is 2.26. The number of carbonyl (C=O) groups is 1. The van der Waals surface area contributed by atoms with Gasteiger partial charge in [0.1, 0.15) is 18.1 Å². The van der Waals surface area contributed by atoms with Crippen LogP contribution in [0.25, 0.3) is 5.57 Å². The Hall–Kier alpha value is -2.47. The maximum absolute atomic E-state index is 11.3. The maximum Gasteiger partial charge on any atom is 0.172 e. The van der Waals surface area contributed by atoms with Gasteiger partial charge in [-0.2, -0.15) is 5.10 Å². The molecule has 0 saturated carbocycles. The van der Waals surface area contributed by atoms with E-state index in [1.54, 1.807) is 0 Å². The zero-order valence-electron chi connectivity index (χ0n) is 15.0. The SMILES string of the molecule is Cc1ccc(OCC2=C(c3ccnn3C3COC3)CCCC2)c(C=O)n1. The van der Waals surface area contributed by atoms with Crippen LogP contribution in [-0.2, 0) is 4.74 Å². The summed E-state index contributed by atoms with van der Waals surface area (Å²) in [5, 5.41) is 4.51. The lowest BCUT2D eigenvalue weighted by Crippen LogP contribution is -2.32. The van der Waals surface area contributed by atoms with Crippen LogP contribution in [0.3, 0.4) is 0 Å². The van der Waals surface area contributed by atoms with E-state index in [2.05, 4.69) is 20.8 Å². The number of hydrogen-bond donors (Lipinski definition) is 0. The summed E-state index contributed by atoms with van der Waals surface area (Å²) in [6.45, 7) is 3.80. The summed E-state index contributed by atoms with van der Waals surface area (Å²) in [6, 6.07) is 6.11. The van der Waals surface area contributed by atoms with E-state index in [0.717, 1.165) is 44.5 Å². The number of aryl methyl sites for hydroxylation is 1. The van der Waals surface area contributed by atoms with E-state index in [-0.39, 0.29) is 0 Å². The van der Waals surface area contributed by atoms with Crippen LogP contribution in [0.1, 0.15) is 53.6 Å². The van der Waals surface area contributed by atoms with E-state index in [9.17, 15) is 4.79 Å². The molecule has 0 radical (unpaired) electrons. The standard InChI is InChI=1S/C20H23N3O3/c1-14-6-7-20(18(10-24)22-14)26-11-15-4-2-3-5-17(15)19-8-9-21-23(19)16-12-25-13-16/h6-10,16H,2-5,11-13H2,1H3. The van der Waals surface area contributed by atoms with Crippen molar-refractivity contribution in [1.82, 2.24) is 14.8 Å². The maximum atomic E-state index is 11.3. The van der Waals surface area contributed by atoms with Crippen LogP contribution >= 0.6 is 0 Å². The zero-order chi connectivity index (χ0) is 17.9. The molecular formula is C20H23N3O3. The number of aldehydes is 1. The second kappa shape index (κ2) is 7.41. The van der Waals surface area contributed by atoms with Crippen molar-refractivity contribution in [3.05, 3.63) is 47.1 Å². The number of carbonyl (C=O) groups excluding carboxylic acids is 1. The van der Waals surface area contributed by atoms with Crippen molar-refractivity contribution < 1.29 is 14.3 Å². The van der Waals surface area contributed by atoms with Crippen molar-refractivity contribution in [2.75, 3.05) is 19.8 Å². The molecule has 0 aromatic carbocycles. The molecule has 0 unspecified atom stereocenters. The number of aromatic nitrogens is 3. The predicted octanol–water partition coefficient (Wildman–Crippen LogP) is 3.38. The molecule has 0 bridgehead atoms. The quantitative estimate of drug-likeness (QED) is 0.745. The first-order valence-corrected chi connectivity index (χ1v) is 9.14. The van der Waals surface area contributed by atoms with Crippen molar-refractivity contribution in [2.45, 2.75) is 38.6 Å². The van der Waals surface area contributed by atoms with Gasteiger partial charge in [-0.05, 0) is 62.0 Å². The lowest BCUT2D eigenvalue weighted by atomic mass is 9.90. The van der Waals surface area contributed by atoms with Gasteiger partial charge < -0.3 is 9.47 Å². The average molecular weight is 353 g/mol. The van der Waals surface area contributed by atoms with Gasteiger partial charge in [-0.15, -0.1) is 0 Å². The smallest absolute Gasteiger partial charge is 0.172 e. The Morgan fingerprint density at radius 2 is 2.12 bits per heavy atom. The fourth-order valence-electron chi connectivity index (χ4n) is 3.58. The Morgan fingerprint density at radius 3 is 2.88 bits per heavy atom. The molecule has 6 nitrogen and oxygen atoms in total. The molecule has 1 aliphatic carbocycles. The predicted molar refractivity (Wildman–Crippen MR) is 97.3 cm³/mol. The molecule has 1 fully saturated rings. The number of nitrogens with zero attached hydrogens (tertiary/aromatic N) is 3. The number of ether oxygens (including phenoxy) is 2. The van der Waals surface area contributed by atoms with Gasteiger partial charge in [0.05, 0.1) is 24.9 Å². The molecule has 0 amide bonds. The third-order valence-electron chi connectivity index (χ3n) is 5.07. The van der Waals surface area contributed by atoms with Crippen molar-refractivity contribution in [2.24, 2.45) is 0 Å². The summed E-state index contributed by atoms with van der Waals surface area (Å²) in [7, 11) is 0. The average Bonchev–Trinajstić information content (AvgIpc) is 3.08. The van der Waals surface area contributed by atoms with Gasteiger partial charge in [0.25, 0.3) is 0 Å². The van der Waals surface area contributed by atoms with Crippen LogP contribution in [0.2, 0.25) is 0 Å². The first-order valence-electron chi connectivity index (χ1n) is 9.14. The van der Waals surface area contributed by atoms with E-state index in [1.807, 2.05) is 25.3 Å². The van der Waals surface area contributed by atoms with Crippen LogP contribution in [-0.4, -0.2) is 40.9 Å². The minimum atomic E-state index is 0.333. The second-order valence-corrected chi connectivity index (χ2v) is 6.88. The van der Waals surface area contributed by atoms with Crippen LogP contribution in [0.5, 0.6) is 5.75 Å². The number of pyridine rings is 1. The van der Waals surface area contributed by atoms with Crippen LogP contribution < -0.4 is 4.74 Å². The first kappa shape index (κ1) is 17.0. The largest absolute Gasteiger partial charge is 0.487 e. The minimum Gasteiger partial charge on any atom is -0.487 e. The molecule has 0 spiro atoms. The molecule has 1 saturated heterocycles. The van der Waals surface area contributed by atoms with Crippen molar-refractivity contribution in [1.29, 1.82) is 0 Å². The highest BCUT2D eigenvalue weighted by molar-refractivity contribution is 5.76. The minimum absolute atomic E-state index is 0.333. The number of hydrogen-bond acceptors (Lipinski definition) is 5. The summed E-state index contributed by atoms with van der Waals surface area (Å²) in [4.78, 5) is 15.5. The summed E-state index contributed by atoms with van der Waals surface area (Å²) in [5.41, 5.74) is 4.96. The Bertz CT molecular complexity index is 837. The molecule has 2 aliphatic rings. The van der Waals surface area contributed by atoms with E-state index in [1.165, 1.54) is 23.3 Å². The molecule has 0 atom stereocenters. The molecule has 4 rings (SSSR count). The summed E-state index contributed by atoms with van der Waals surface area (Å²) < 4.78 is 13.4. The summed E-state index contributed by atoms with van der Waals surface area (Å²) in [6.07, 6.45) is 7.00. The molecule has 26 heavy (non-hydrogen) atoms. The molecule has 0 N–H and O–H groups in total. The molecule has 136 valence electrons. The molecule has 1 aliphatic heterocycles. The molecule has 2 aromatic heterocycles. The van der Waals surface area contributed by atoms with Gasteiger partial charge in [0, 0.05) is 11.9 Å². The molecule has 3 heterocycles. The van der Waals surface area contributed by atoms with Crippen molar-refractivity contribution in [3.63, 3.8) is 0 Å². The highest BCUT2D eigenvalue weighted by Crippen LogP contribution is 2.34. The lowest BCUT2D eigenvalue weighted by molar-refractivity contribution is -0.0290. The summed E-state index contributed by atoms with van der Waals surface area (Å²) >= 11 is 0. The van der Waals surface area contributed by atoms with Gasteiger partial charge in [-0.1, -0.05) is 0 Å². The number of rotatable bonds is 6. The Balaban J connectivity index is 1.59. The van der Waals surface area contributed by atoms with Crippen molar-refractivity contribution >= 4 is 11.9 Å². The van der Waals surface area contributed by atoms with Gasteiger partial charge in [0.2, 0.25) is 0 Å². The lowest BCUT2D eigenvalue weighted by Gasteiger charge is -2.29. The van der Waals surface area contributed by atoms with E-state index >= 15 is 0 Å². The highest BCUT2D eigenvalue weighted by atomic mass is 16.5. The fourth-order valence-corrected chi connectivity index (χ4v) is 3.58. The molecular weight excluding hydrogens is 330 g/mol. The van der Waals surface area contributed by atoms with Gasteiger partial charge >= 0.3 is 0 Å². The van der Waals surface area contributed by atoms with Crippen LogP contribution in [0.4, 0.5) is 0 Å². The topological polar surface area (TPSA) is 66.2 Å². The normalized spacial score (nSPS) is 17.9. The number of allylic oxidation sites excluding steroid dienone is 1. The summed E-state index contributed by atoms with van der Waals surface area (Å²) in [5.74, 6) is 0.545. The van der Waals surface area contributed by atoms with Crippen LogP contribution in [0, 0.1) is 6.92 Å². The van der Waals surface area contributed by atoms with E-state index < -0.39 is 0 Å². The van der Waals surface area contributed by atoms with Crippen LogP contribution in [0.15, 0.2) is 30.0 Å². The monoisotopic (exact) mass is 353 g/mol. The molecule has 2 aromatic rings. The Kier molecular flexibility index (Phi) is 4.84. The van der Waals surface area contributed by atoms with E-state index in [4.69, 9.17) is 9.47 Å². The second-order valence-electron chi connectivity index (χ2n) is 6.88. The third kappa shape index (κ3) is 3.29. The van der Waals surface area contributed by atoms with Gasteiger partial charge in [0.15, 0.2) is 6.29 Å². The van der Waals surface area contributed by atoms with Gasteiger partial charge in [-0.3, -0.25) is 9.48 Å². The Labute approximate surface area is 152 Å². The molecule has 6 heteroatoms. The Morgan fingerprint density at radius 1 is 1.27 bits per heavy atom. The fraction of sp³-hybridized carbons (Fsp3) is 0.450. The van der Waals surface area contributed by atoms with E-state index in [0.29, 0.717) is 24.1 Å². The third-order valence-corrected chi connectivity index (χ3v) is 5.07. The van der Waals surface area contributed by atoms with Crippen molar-refractivity contribution in [3.8, 4) is 5.75 Å².